The fourth-order valence-electron chi connectivity index (χ4n) is 2.01. The first-order chi connectivity index (χ1) is 11.6. The summed E-state index contributed by atoms with van der Waals surface area (Å²) < 4.78 is 1.00. The smallest absolute Gasteiger partial charge is 0.274 e. The normalized spacial score (nSPS) is 10.4. The highest BCUT2D eigenvalue weighted by atomic mass is 79.9. The quantitative estimate of drug-likeness (QED) is 0.616. The number of amides is 1. The van der Waals surface area contributed by atoms with E-state index >= 15 is 0 Å². The van der Waals surface area contributed by atoms with Crippen LogP contribution in [0.5, 0.6) is 0 Å². The number of carbonyl (C=O) groups is 1. The summed E-state index contributed by atoms with van der Waals surface area (Å²) in [6, 6.07) is 20.3. The predicted molar refractivity (Wildman–Crippen MR) is 101 cm³/mol. The number of hydrogen-bond acceptors (Lipinski definition) is 4. The van der Waals surface area contributed by atoms with Crippen LogP contribution in [0.3, 0.4) is 0 Å². The Balaban J connectivity index is 1.74. The maximum Gasteiger partial charge on any atom is 0.274 e. The topological polar surface area (TPSA) is 68.0 Å². The molecule has 0 spiro atoms. The third kappa shape index (κ3) is 4.37. The van der Waals surface area contributed by atoms with E-state index in [1.807, 2.05) is 36.4 Å². The zero-order chi connectivity index (χ0) is 16.9. The third-order valence-electron chi connectivity index (χ3n) is 3.14. The number of carbonyl (C=O) groups excluding carboxylic acids is 1. The number of hydrogen-bond donors (Lipinski definition) is 2. The van der Waals surface area contributed by atoms with Crippen molar-refractivity contribution in [2.75, 3.05) is 11.1 Å². The molecular formula is C18H14BrN3OS. The number of nitrogens with zero attached hydrogens (tertiary/aromatic N) is 1. The number of rotatable bonds is 4. The second kappa shape index (κ2) is 7.51. The zero-order valence-electron chi connectivity index (χ0n) is 12.6. The molecule has 6 heteroatoms. The Labute approximate surface area is 152 Å². The molecule has 3 rings (SSSR count). The van der Waals surface area contributed by atoms with Crippen molar-refractivity contribution in [1.29, 1.82) is 0 Å². The number of nitrogen functional groups attached to an aromatic ring is 1. The molecule has 4 nitrogen and oxygen atoms in total. The van der Waals surface area contributed by atoms with Gasteiger partial charge in [0.05, 0.1) is 0 Å². The Morgan fingerprint density at radius 2 is 1.79 bits per heavy atom. The molecule has 3 aromatic rings. The van der Waals surface area contributed by atoms with Crippen molar-refractivity contribution in [3.05, 3.63) is 76.9 Å². The molecule has 0 atom stereocenters. The monoisotopic (exact) mass is 399 g/mol. The van der Waals surface area contributed by atoms with Crippen molar-refractivity contribution in [2.45, 2.75) is 9.92 Å². The van der Waals surface area contributed by atoms with Crippen molar-refractivity contribution in [3.63, 3.8) is 0 Å². The van der Waals surface area contributed by atoms with Crippen LogP contribution in [0.4, 0.5) is 11.4 Å². The van der Waals surface area contributed by atoms with Crippen LogP contribution < -0.4 is 11.1 Å². The van der Waals surface area contributed by atoms with Gasteiger partial charge in [-0.1, -0.05) is 39.8 Å². The second-order valence-corrected chi connectivity index (χ2v) is 7.01. The van der Waals surface area contributed by atoms with Crippen LogP contribution in [0.25, 0.3) is 0 Å². The van der Waals surface area contributed by atoms with Gasteiger partial charge in [0.1, 0.15) is 10.7 Å². The lowest BCUT2D eigenvalue weighted by molar-refractivity contribution is 0.102. The van der Waals surface area contributed by atoms with Gasteiger partial charge in [-0.05, 0) is 54.6 Å². The Morgan fingerprint density at radius 1 is 1.04 bits per heavy atom. The molecule has 1 aromatic heterocycles. The highest BCUT2D eigenvalue weighted by Crippen LogP contribution is 2.28. The molecule has 120 valence electrons. The highest BCUT2D eigenvalue weighted by Gasteiger charge is 2.09. The number of aromatic nitrogens is 1. The number of benzene rings is 2. The molecule has 0 aliphatic carbocycles. The molecule has 3 N–H and O–H groups in total. The fourth-order valence-corrected chi connectivity index (χ4v) is 3.43. The number of nitrogens with two attached hydrogens (primary N) is 1. The summed E-state index contributed by atoms with van der Waals surface area (Å²) >= 11 is 4.95. The molecule has 0 bridgehead atoms. The Hall–Kier alpha value is -2.31. The van der Waals surface area contributed by atoms with Crippen LogP contribution in [0.15, 0.2) is 81.1 Å². The minimum atomic E-state index is -0.253. The largest absolute Gasteiger partial charge is 0.399 e. The van der Waals surface area contributed by atoms with Crippen LogP contribution in [-0.4, -0.2) is 10.9 Å². The van der Waals surface area contributed by atoms with Gasteiger partial charge in [0.2, 0.25) is 0 Å². The van der Waals surface area contributed by atoms with Gasteiger partial charge in [-0.15, -0.1) is 0 Å². The maximum absolute atomic E-state index is 12.3. The molecule has 0 saturated carbocycles. The van der Waals surface area contributed by atoms with Gasteiger partial charge in [0.15, 0.2) is 0 Å². The second-order valence-electron chi connectivity index (χ2n) is 5.00. The van der Waals surface area contributed by atoms with Crippen LogP contribution in [0, 0.1) is 0 Å². The molecule has 0 unspecified atom stereocenters. The SMILES string of the molecule is Nc1ccc(NC(=O)c2cccc(Sc3cccc(Br)c3)n2)cc1. The lowest BCUT2D eigenvalue weighted by Gasteiger charge is -2.07. The Bertz CT molecular complexity index is 868. The molecule has 24 heavy (non-hydrogen) atoms. The Kier molecular flexibility index (Phi) is 5.17. The van der Waals surface area contributed by atoms with E-state index < -0.39 is 0 Å². The zero-order valence-corrected chi connectivity index (χ0v) is 15.0. The summed E-state index contributed by atoms with van der Waals surface area (Å²) in [6.45, 7) is 0. The van der Waals surface area contributed by atoms with Crippen molar-refractivity contribution >= 4 is 45.0 Å². The van der Waals surface area contributed by atoms with Gasteiger partial charge in [-0.25, -0.2) is 4.98 Å². The minimum absolute atomic E-state index is 0.253. The summed E-state index contributed by atoms with van der Waals surface area (Å²) in [5, 5.41) is 3.57. The first kappa shape index (κ1) is 16.5. The summed E-state index contributed by atoms with van der Waals surface area (Å²) in [5.41, 5.74) is 7.34. The molecule has 0 aliphatic rings. The van der Waals surface area contributed by atoms with E-state index in [9.17, 15) is 4.79 Å². The molecule has 0 aliphatic heterocycles. The van der Waals surface area contributed by atoms with E-state index in [1.54, 1.807) is 30.3 Å². The number of halogens is 1. The third-order valence-corrected chi connectivity index (χ3v) is 4.56. The van der Waals surface area contributed by atoms with Crippen molar-refractivity contribution in [1.82, 2.24) is 4.98 Å². The van der Waals surface area contributed by atoms with E-state index in [2.05, 4.69) is 26.2 Å². The van der Waals surface area contributed by atoms with E-state index in [4.69, 9.17) is 5.73 Å². The predicted octanol–water partition coefficient (Wildman–Crippen LogP) is 4.83. The molecule has 0 fully saturated rings. The van der Waals surface area contributed by atoms with E-state index in [0.717, 1.165) is 14.4 Å². The number of nitrogens with one attached hydrogen (secondary N) is 1. The number of pyridine rings is 1. The average molecular weight is 400 g/mol. The van der Waals surface area contributed by atoms with Crippen LogP contribution >= 0.6 is 27.7 Å². The van der Waals surface area contributed by atoms with Gasteiger partial charge in [0.25, 0.3) is 5.91 Å². The molecular weight excluding hydrogens is 386 g/mol. The highest BCUT2D eigenvalue weighted by molar-refractivity contribution is 9.10. The Morgan fingerprint density at radius 3 is 2.54 bits per heavy atom. The first-order valence-electron chi connectivity index (χ1n) is 7.17. The van der Waals surface area contributed by atoms with Gasteiger partial charge >= 0.3 is 0 Å². The van der Waals surface area contributed by atoms with Gasteiger partial charge in [-0.2, -0.15) is 0 Å². The summed E-state index contributed by atoms with van der Waals surface area (Å²) in [7, 11) is 0. The molecule has 1 amide bonds. The van der Waals surface area contributed by atoms with Gasteiger partial charge in [0, 0.05) is 20.7 Å². The number of anilines is 2. The lowest BCUT2D eigenvalue weighted by Crippen LogP contribution is -2.13. The summed E-state index contributed by atoms with van der Waals surface area (Å²) in [5.74, 6) is -0.253. The first-order valence-corrected chi connectivity index (χ1v) is 8.78. The average Bonchev–Trinajstić information content (AvgIpc) is 2.57. The minimum Gasteiger partial charge on any atom is -0.399 e. The summed E-state index contributed by atoms with van der Waals surface area (Å²) in [6.07, 6.45) is 0. The molecule has 1 heterocycles. The van der Waals surface area contributed by atoms with Crippen LogP contribution in [0.2, 0.25) is 0 Å². The van der Waals surface area contributed by atoms with E-state index in [0.29, 0.717) is 17.1 Å². The van der Waals surface area contributed by atoms with Gasteiger partial charge < -0.3 is 11.1 Å². The van der Waals surface area contributed by atoms with Crippen molar-refractivity contribution in [2.24, 2.45) is 0 Å². The standard InChI is InChI=1S/C18H14BrN3OS/c19-12-3-1-4-15(11-12)24-17-6-2-5-16(22-17)18(23)21-14-9-7-13(20)8-10-14/h1-11H,20H2,(H,21,23). The van der Waals surface area contributed by atoms with Gasteiger partial charge in [-0.3, -0.25) is 4.79 Å². The lowest BCUT2D eigenvalue weighted by atomic mass is 10.2. The summed E-state index contributed by atoms with van der Waals surface area (Å²) in [4.78, 5) is 17.8. The van der Waals surface area contributed by atoms with Crippen LogP contribution in [0.1, 0.15) is 10.5 Å². The molecule has 2 aromatic carbocycles. The van der Waals surface area contributed by atoms with Crippen LogP contribution in [-0.2, 0) is 0 Å². The maximum atomic E-state index is 12.3. The molecule has 0 radical (unpaired) electrons. The van der Waals surface area contributed by atoms with Crippen molar-refractivity contribution < 1.29 is 4.79 Å². The van der Waals surface area contributed by atoms with E-state index in [1.165, 1.54) is 11.8 Å². The molecule has 0 saturated heterocycles. The fraction of sp³-hybridized carbons (Fsp3) is 0. The van der Waals surface area contributed by atoms with Crippen molar-refractivity contribution in [3.8, 4) is 0 Å². The van der Waals surface area contributed by atoms with E-state index in [-0.39, 0.29) is 5.91 Å².